The largest absolute Gasteiger partial charge is 0.454 e. The lowest BCUT2D eigenvalue weighted by Gasteiger charge is -2.40. The Labute approximate surface area is 94.5 Å². The van der Waals surface area contributed by atoms with Crippen molar-refractivity contribution in [2.24, 2.45) is 10.8 Å². The number of carbonyl (C=O) groups is 1. The van der Waals surface area contributed by atoms with Crippen LogP contribution in [0.25, 0.3) is 0 Å². The van der Waals surface area contributed by atoms with Gasteiger partial charge in [-0.1, -0.05) is 20.8 Å². The predicted molar refractivity (Wildman–Crippen MR) is 54.2 cm³/mol. The summed E-state index contributed by atoms with van der Waals surface area (Å²) in [6.07, 6.45) is 0.874. The second kappa shape index (κ2) is 2.43. The zero-order chi connectivity index (χ0) is 11.8. The molecule has 0 radical (unpaired) electrons. The Bertz CT molecular complexity index is 419. The zero-order valence-electron chi connectivity index (χ0n) is 9.74. The molecule has 3 heterocycles. The molecule has 0 aliphatic carbocycles. The van der Waals surface area contributed by atoms with Crippen molar-refractivity contribution in [3.8, 4) is 6.07 Å². The first-order valence-electron chi connectivity index (χ1n) is 5.66. The van der Waals surface area contributed by atoms with E-state index in [1.165, 1.54) is 0 Å². The number of nitrogens with zero attached hydrogens (tertiary/aromatic N) is 1. The number of esters is 1. The molecule has 3 rings (SSSR count). The second-order valence-electron chi connectivity index (χ2n) is 6.16. The summed E-state index contributed by atoms with van der Waals surface area (Å²) in [7, 11) is 0. The van der Waals surface area contributed by atoms with Crippen LogP contribution in [0, 0.1) is 22.2 Å². The average Bonchev–Trinajstić information content (AvgIpc) is 2.73. The molecule has 4 heteroatoms. The first-order chi connectivity index (χ1) is 7.36. The molecule has 0 aromatic rings. The number of rotatable bonds is 0. The number of hydrogen-bond acceptors (Lipinski definition) is 4. The first-order valence-corrected chi connectivity index (χ1v) is 5.66. The van der Waals surface area contributed by atoms with Gasteiger partial charge in [-0.25, -0.2) is 0 Å². The fourth-order valence-electron chi connectivity index (χ4n) is 3.44. The average molecular weight is 221 g/mol. The third kappa shape index (κ3) is 0.799. The van der Waals surface area contributed by atoms with Crippen molar-refractivity contribution < 1.29 is 14.3 Å². The highest BCUT2D eigenvalue weighted by Crippen LogP contribution is 2.64. The molecule has 0 aromatic carbocycles. The molecule has 3 aliphatic rings. The molecule has 3 fully saturated rings. The Balaban J connectivity index is 2.16. The standard InChI is InChI=1S/C12H15NO3/c1-10(2,3)12-5-7-4-11(6-13,8(12)15-7)9(14)16-12/h7-8H,4-5H2,1-3H3. The molecule has 16 heavy (non-hydrogen) atoms. The summed E-state index contributed by atoms with van der Waals surface area (Å²) in [4.78, 5) is 12.0. The van der Waals surface area contributed by atoms with Crippen molar-refractivity contribution in [2.75, 3.05) is 0 Å². The molecule has 86 valence electrons. The Kier molecular flexibility index (Phi) is 1.53. The molecular formula is C12H15NO3. The third-order valence-corrected chi connectivity index (χ3v) is 4.39. The van der Waals surface area contributed by atoms with E-state index in [0.717, 1.165) is 6.42 Å². The topological polar surface area (TPSA) is 59.3 Å². The third-order valence-electron chi connectivity index (χ3n) is 4.39. The summed E-state index contributed by atoms with van der Waals surface area (Å²) in [6.45, 7) is 6.12. The van der Waals surface area contributed by atoms with Crippen LogP contribution in [0.1, 0.15) is 33.6 Å². The Morgan fingerprint density at radius 1 is 1.44 bits per heavy atom. The second-order valence-corrected chi connectivity index (χ2v) is 6.16. The maximum Gasteiger partial charge on any atom is 0.330 e. The van der Waals surface area contributed by atoms with Gasteiger partial charge in [0.2, 0.25) is 0 Å². The lowest BCUT2D eigenvalue weighted by atomic mass is 9.62. The van der Waals surface area contributed by atoms with E-state index in [1.807, 2.05) is 20.8 Å². The fourth-order valence-corrected chi connectivity index (χ4v) is 3.44. The summed E-state index contributed by atoms with van der Waals surface area (Å²) in [5, 5.41) is 9.29. The van der Waals surface area contributed by atoms with Crippen LogP contribution in [0.15, 0.2) is 0 Å². The van der Waals surface area contributed by atoms with E-state index in [2.05, 4.69) is 6.07 Å². The lowest BCUT2D eigenvalue weighted by molar-refractivity contribution is -0.160. The van der Waals surface area contributed by atoms with Crippen LogP contribution in [0.2, 0.25) is 0 Å². The Morgan fingerprint density at radius 3 is 2.62 bits per heavy atom. The van der Waals surface area contributed by atoms with Gasteiger partial charge in [-0.05, 0) is 0 Å². The number of fused-ring (bicyclic) bond motifs is 1. The molecule has 0 N–H and O–H groups in total. The van der Waals surface area contributed by atoms with E-state index in [1.54, 1.807) is 0 Å². The molecule has 4 atom stereocenters. The normalized spacial score (nSPS) is 49.2. The van der Waals surface area contributed by atoms with Gasteiger partial charge in [0.1, 0.15) is 11.7 Å². The predicted octanol–water partition coefficient (Wildman–Crippen LogP) is 1.40. The Morgan fingerprint density at radius 2 is 2.12 bits per heavy atom. The molecule has 0 aromatic heterocycles. The van der Waals surface area contributed by atoms with Gasteiger partial charge in [0, 0.05) is 18.3 Å². The van der Waals surface area contributed by atoms with E-state index < -0.39 is 11.0 Å². The van der Waals surface area contributed by atoms with E-state index in [-0.39, 0.29) is 23.6 Å². The molecule has 3 saturated heterocycles. The maximum absolute atomic E-state index is 12.0. The minimum Gasteiger partial charge on any atom is -0.454 e. The van der Waals surface area contributed by atoms with Crippen LogP contribution in [-0.2, 0) is 14.3 Å². The van der Waals surface area contributed by atoms with Gasteiger partial charge in [0.25, 0.3) is 0 Å². The van der Waals surface area contributed by atoms with Crippen LogP contribution >= 0.6 is 0 Å². The van der Waals surface area contributed by atoms with Gasteiger partial charge in [-0.3, -0.25) is 4.79 Å². The molecule has 4 unspecified atom stereocenters. The highest BCUT2D eigenvalue weighted by atomic mass is 16.6. The fraction of sp³-hybridized carbons (Fsp3) is 0.833. The number of carbonyl (C=O) groups excluding carboxylic acids is 1. The molecule has 0 amide bonds. The Hall–Kier alpha value is -1.08. The van der Waals surface area contributed by atoms with E-state index in [9.17, 15) is 10.1 Å². The van der Waals surface area contributed by atoms with Gasteiger partial charge < -0.3 is 9.47 Å². The summed E-state index contributed by atoms with van der Waals surface area (Å²) in [5.74, 6) is -0.380. The summed E-state index contributed by atoms with van der Waals surface area (Å²) in [5.41, 5.74) is -1.82. The van der Waals surface area contributed by atoms with E-state index in [0.29, 0.717) is 6.42 Å². The highest BCUT2D eigenvalue weighted by molar-refractivity contribution is 5.85. The van der Waals surface area contributed by atoms with Crippen LogP contribution in [-0.4, -0.2) is 23.8 Å². The van der Waals surface area contributed by atoms with Gasteiger partial charge in [0.15, 0.2) is 5.41 Å². The van der Waals surface area contributed by atoms with Crippen molar-refractivity contribution >= 4 is 5.97 Å². The van der Waals surface area contributed by atoms with Crippen LogP contribution in [0.5, 0.6) is 0 Å². The van der Waals surface area contributed by atoms with Crippen LogP contribution in [0.3, 0.4) is 0 Å². The minimum absolute atomic E-state index is 0.00956. The molecule has 3 aliphatic heterocycles. The number of ether oxygens (including phenoxy) is 2. The quantitative estimate of drug-likeness (QED) is 0.580. The van der Waals surface area contributed by atoms with Crippen molar-refractivity contribution in [3.63, 3.8) is 0 Å². The minimum atomic E-state index is -1.03. The van der Waals surface area contributed by atoms with E-state index >= 15 is 0 Å². The number of nitriles is 1. The molecular weight excluding hydrogens is 206 g/mol. The molecule has 0 spiro atoms. The summed E-state index contributed by atoms with van der Waals surface area (Å²) < 4.78 is 11.4. The van der Waals surface area contributed by atoms with Crippen molar-refractivity contribution in [2.45, 2.75) is 51.4 Å². The summed E-state index contributed by atoms with van der Waals surface area (Å²) in [6, 6.07) is 2.15. The monoisotopic (exact) mass is 221 g/mol. The SMILES string of the molecule is CC(C)(C)C12CC3CC(C#N)(C(=O)O1)C2O3. The van der Waals surface area contributed by atoms with Gasteiger partial charge in [-0.15, -0.1) is 0 Å². The maximum atomic E-state index is 12.0. The van der Waals surface area contributed by atoms with Crippen LogP contribution in [0.4, 0.5) is 0 Å². The van der Waals surface area contributed by atoms with E-state index in [4.69, 9.17) is 9.47 Å². The van der Waals surface area contributed by atoms with Gasteiger partial charge in [0.05, 0.1) is 12.2 Å². The molecule has 4 nitrogen and oxygen atoms in total. The van der Waals surface area contributed by atoms with Crippen molar-refractivity contribution in [3.05, 3.63) is 0 Å². The van der Waals surface area contributed by atoms with Crippen molar-refractivity contribution in [1.29, 1.82) is 5.26 Å². The molecule has 0 saturated carbocycles. The van der Waals surface area contributed by atoms with Crippen LogP contribution < -0.4 is 0 Å². The smallest absolute Gasteiger partial charge is 0.330 e. The van der Waals surface area contributed by atoms with Gasteiger partial charge in [-0.2, -0.15) is 5.26 Å². The number of hydrogen-bond donors (Lipinski definition) is 0. The van der Waals surface area contributed by atoms with Crippen molar-refractivity contribution in [1.82, 2.24) is 0 Å². The van der Waals surface area contributed by atoms with Gasteiger partial charge >= 0.3 is 5.97 Å². The zero-order valence-corrected chi connectivity index (χ0v) is 9.74. The summed E-state index contributed by atoms with van der Waals surface area (Å²) >= 11 is 0. The first kappa shape index (κ1) is 10.1. The lowest BCUT2D eigenvalue weighted by Crippen LogP contribution is -2.52. The molecule has 2 bridgehead atoms. The highest BCUT2D eigenvalue weighted by Gasteiger charge is 2.78.